The number of hydrogen-bond acceptors (Lipinski definition) is 5. The van der Waals surface area contributed by atoms with Crippen LogP contribution in [-0.2, 0) is 9.59 Å². The molecule has 24 heavy (non-hydrogen) atoms. The van der Waals surface area contributed by atoms with E-state index in [1.54, 1.807) is 33.2 Å². The highest BCUT2D eigenvalue weighted by atomic mass is 16.5. The molecule has 4 amide bonds. The van der Waals surface area contributed by atoms with E-state index in [1.165, 1.54) is 11.9 Å². The maximum Gasteiger partial charge on any atom is 0.321 e. The number of carbonyl (C=O) groups is 3. The number of anilines is 1. The number of imide groups is 1. The van der Waals surface area contributed by atoms with Crippen LogP contribution in [0, 0.1) is 6.92 Å². The van der Waals surface area contributed by atoms with E-state index in [9.17, 15) is 14.4 Å². The summed E-state index contributed by atoms with van der Waals surface area (Å²) in [6, 6.07) is 4.14. The van der Waals surface area contributed by atoms with Crippen LogP contribution in [0.4, 0.5) is 10.5 Å². The van der Waals surface area contributed by atoms with Gasteiger partial charge in [-0.05, 0) is 31.5 Å². The maximum absolute atomic E-state index is 11.9. The summed E-state index contributed by atoms with van der Waals surface area (Å²) in [6.45, 7) is 3.41. The quantitative estimate of drug-likeness (QED) is 0.711. The number of nitrogens with zero attached hydrogens (tertiary/aromatic N) is 1. The predicted molar refractivity (Wildman–Crippen MR) is 91.1 cm³/mol. The largest absolute Gasteiger partial charge is 0.482 e. The minimum absolute atomic E-state index is 0.107. The smallest absolute Gasteiger partial charge is 0.321 e. The molecule has 0 aliphatic rings. The minimum atomic E-state index is -0.670. The van der Waals surface area contributed by atoms with Crippen molar-refractivity contribution in [2.45, 2.75) is 19.9 Å². The molecule has 0 radical (unpaired) electrons. The van der Waals surface area contributed by atoms with E-state index in [4.69, 9.17) is 4.74 Å². The van der Waals surface area contributed by atoms with Crippen molar-refractivity contribution in [1.29, 1.82) is 0 Å². The molecule has 0 saturated heterocycles. The lowest BCUT2D eigenvalue weighted by Crippen LogP contribution is -2.44. The molecular weight excluding hydrogens is 312 g/mol. The number of ether oxygens (including phenoxy) is 1. The lowest BCUT2D eigenvalue weighted by Gasteiger charge is -2.19. The number of urea groups is 1. The molecule has 0 aromatic heterocycles. The fraction of sp³-hybridized carbons (Fsp3) is 0.438. The summed E-state index contributed by atoms with van der Waals surface area (Å²) in [4.78, 5) is 36.2. The number of amides is 4. The minimum Gasteiger partial charge on any atom is -0.482 e. The molecule has 0 bridgehead atoms. The molecule has 8 nitrogen and oxygen atoms in total. The van der Waals surface area contributed by atoms with Crippen LogP contribution in [0.2, 0.25) is 0 Å². The van der Waals surface area contributed by atoms with E-state index in [1.807, 2.05) is 13.0 Å². The number of nitrogens with one attached hydrogen (secondary N) is 3. The predicted octanol–water partition coefficient (Wildman–Crippen LogP) is 0.718. The molecule has 1 aromatic carbocycles. The molecular formula is C16H24N4O4. The molecule has 1 rings (SSSR count). The van der Waals surface area contributed by atoms with E-state index in [-0.39, 0.29) is 12.5 Å². The number of benzene rings is 1. The van der Waals surface area contributed by atoms with Crippen molar-refractivity contribution in [3.05, 3.63) is 23.8 Å². The number of likely N-dealkylation sites (N-methyl/N-ethyl adjacent to an activating group) is 1. The molecule has 0 aliphatic heterocycles. The first-order chi connectivity index (χ1) is 11.2. The van der Waals surface area contributed by atoms with Crippen LogP contribution < -0.4 is 20.7 Å². The Labute approximate surface area is 141 Å². The first kappa shape index (κ1) is 19.3. The molecule has 0 heterocycles. The van der Waals surface area contributed by atoms with Gasteiger partial charge in [-0.3, -0.25) is 14.9 Å². The second-order valence-electron chi connectivity index (χ2n) is 5.51. The Morgan fingerprint density at radius 3 is 2.50 bits per heavy atom. The van der Waals surface area contributed by atoms with Gasteiger partial charge in [0.2, 0.25) is 5.91 Å². The fourth-order valence-electron chi connectivity index (χ4n) is 1.72. The zero-order chi connectivity index (χ0) is 18.3. The summed E-state index contributed by atoms with van der Waals surface area (Å²) in [6.07, 6.45) is 0. The van der Waals surface area contributed by atoms with Gasteiger partial charge in [-0.25, -0.2) is 4.79 Å². The van der Waals surface area contributed by atoms with Crippen molar-refractivity contribution in [3.8, 4) is 5.75 Å². The highest BCUT2D eigenvalue weighted by Gasteiger charge is 2.17. The van der Waals surface area contributed by atoms with Crippen molar-refractivity contribution in [2.75, 3.05) is 33.1 Å². The fourth-order valence-corrected chi connectivity index (χ4v) is 1.72. The van der Waals surface area contributed by atoms with Gasteiger partial charge in [-0.15, -0.1) is 0 Å². The third kappa shape index (κ3) is 5.79. The van der Waals surface area contributed by atoms with Gasteiger partial charge in [0.15, 0.2) is 6.61 Å². The van der Waals surface area contributed by atoms with Gasteiger partial charge in [0, 0.05) is 21.1 Å². The molecule has 132 valence electrons. The third-order valence-corrected chi connectivity index (χ3v) is 3.22. The maximum atomic E-state index is 11.9. The summed E-state index contributed by atoms with van der Waals surface area (Å²) in [5, 5.41) is 7.48. The van der Waals surface area contributed by atoms with Crippen LogP contribution in [0.25, 0.3) is 0 Å². The van der Waals surface area contributed by atoms with Gasteiger partial charge in [0.1, 0.15) is 11.8 Å². The third-order valence-electron chi connectivity index (χ3n) is 3.22. The van der Waals surface area contributed by atoms with Crippen LogP contribution in [0.3, 0.4) is 0 Å². The Bertz CT molecular complexity index is 616. The van der Waals surface area contributed by atoms with Crippen LogP contribution in [-0.4, -0.2) is 56.5 Å². The van der Waals surface area contributed by atoms with Crippen molar-refractivity contribution in [2.24, 2.45) is 0 Å². The van der Waals surface area contributed by atoms with E-state index in [0.717, 1.165) is 5.56 Å². The zero-order valence-corrected chi connectivity index (χ0v) is 14.6. The molecule has 8 heteroatoms. The summed E-state index contributed by atoms with van der Waals surface area (Å²) < 4.78 is 5.56. The number of hydrogen-bond donors (Lipinski definition) is 3. The van der Waals surface area contributed by atoms with Gasteiger partial charge in [0.05, 0.1) is 5.69 Å². The Morgan fingerprint density at radius 2 is 1.92 bits per heavy atom. The second-order valence-corrected chi connectivity index (χ2v) is 5.51. The lowest BCUT2D eigenvalue weighted by molar-refractivity contribution is -0.130. The van der Waals surface area contributed by atoms with E-state index >= 15 is 0 Å². The van der Waals surface area contributed by atoms with Gasteiger partial charge in [0.25, 0.3) is 5.91 Å². The monoisotopic (exact) mass is 336 g/mol. The van der Waals surface area contributed by atoms with Gasteiger partial charge >= 0.3 is 6.03 Å². The molecule has 1 atom stereocenters. The lowest BCUT2D eigenvalue weighted by atomic mass is 10.2. The standard InChI is InChI=1S/C16H24N4O4/c1-10-6-7-12(13(8-10)24-9-14(21)20(4)5)18-11(2)15(22)19-16(23)17-3/h6-8,11,18H,9H2,1-5H3,(H2,17,19,22,23). The van der Waals surface area contributed by atoms with Gasteiger partial charge in [-0.2, -0.15) is 0 Å². The average molecular weight is 336 g/mol. The Hall–Kier alpha value is -2.77. The molecule has 1 aromatic rings. The summed E-state index contributed by atoms with van der Waals surface area (Å²) in [5.41, 5.74) is 1.52. The SMILES string of the molecule is CNC(=O)NC(=O)C(C)Nc1ccc(C)cc1OCC(=O)N(C)C. The Kier molecular flexibility index (Phi) is 7.03. The topological polar surface area (TPSA) is 99.8 Å². The molecule has 3 N–H and O–H groups in total. The first-order valence-electron chi connectivity index (χ1n) is 7.47. The summed E-state index contributed by atoms with van der Waals surface area (Å²) in [5.74, 6) is -0.192. The van der Waals surface area contributed by atoms with Crippen molar-refractivity contribution in [3.63, 3.8) is 0 Å². The molecule has 0 saturated carbocycles. The first-order valence-corrected chi connectivity index (χ1v) is 7.47. The van der Waals surface area contributed by atoms with Gasteiger partial charge < -0.3 is 20.3 Å². The highest BCUT2D eigenvalue weighted by molar-refractivity contribution is 5.98. The Balaban J connectivity index is 2.81. The van der Waals surface area contributed by atoms with Crippen molar-refractivity contribution < 1.29 is 19.1 Å². The van der Waals surface area contributed by atoms with Crippen LogP contribution in [0.15, 0.2) is 18.2 Å². The van der Waals surface area contributed by atoms with Crippen LogP contribution in [0.1, 0.15) is 12.5 Å². The Morgan fingerprint density at radius 1 is 1.25 bits per heavy atom. The second kappa shape index (κ2) is 8.76. The van der Waals surface area contributed by atoms with Crippen molar-refractivity contribution >= 4 is 23.5 Å². The average Bonchev–Trinajstić information content (AvgIpc) is 2.53. The van der Waals surface area contributed by atoms with Crippen LogP contribution >= 0.6 is 0 Å². The summed E-state index contributed by atoms with van der Waals surface area (Å²) in [7, 11) is 4.72. The van der Waals surface area contributed by atoms with Crippen molar-refractivity contribution in [1.82, 2.24) is 15.5 Å². The molecule has 0 fully saturated rings. The normalized spacial score (nSPS) is 11.2. The molecule has 0 aliphatic carbocycles. The molecule has 0 spiro atoms. The zero-order valence-electron chi connectivity index (χ0n) is 14.6. The van der Waals surface area contributed by atoms with Crippen LogP contribution in [0.5, 0.6) is 5.75 Å². The van der Waals surface area contributed by atoms with E-state index in [2.05, 4.69) is 16.0 Å². The highest BCUT2D eigenvalue weighted by Crippen LogP contribution is 2.26. The number of aryl methyl sites for hydroxylation is 1. The van der Waals surface area contributed by atoms with Gasteiger partial charge in [-0.1, -0.05) is 6.07 Å². The number of rotatable bonds is 6. The summed E-state index contributed by atoms with van der Waals surface area (Å²) >= 11 is 0. The number of carbonyl (C=O) groups excluding carboxylic acids is 3. The van der Waals surface area contributed by atoms with E-state index in [0.29, 0.717) is 11.4 Å². The molecule has 1 unspecified atom stereocenters. The van der Waals surface area contributed by atoms with E-state index < -0.39 is 18.0 Å².